The van der Waals surface area contributed by atoms with Crippen LogP contribution in [-0.2, 0) is 16.0 Å². The molecule has 1 aliphatic rings. The van der Waals surface area contributed by atoms with Gasteiger partial charge in [-0.15, -0.1) is 0 Å². The number of nitrogens with one attached hydrogen (secondary N) is 1. The summed E-state index contributed by atoms with van der Waals surface area (Å²) in [7, 11) is 3.53. The lowest BCUT2D eigenvalue weighted by Gasteiger charge is -2.22. The van der Waals surface area contributed by atoms with E-state index in [0.717, 1.165) is 32.6 Å². The van der Waals surface area contributed by atoms with E-state index in [1.54, 1.807) is 14.2 Å². The first kappa shape index (κ1) is 16.3. The molecule has 4 heteroatoms. The first-order valence-corrected chi connectivity index (χ1v) is 7.80. The van der Waals surface area contributed by atoms with Gasteiger partial charge in [0.1, 0.15) is 12.2 Å². The molecule has 2 unspecified atom stereocenters. The van der Waals surface area contributed by atoms with Crippen molar-refractivity contribution < 1.29 is 9.47 Å². The van der Waals surface area contributed by atoms with Gasteiger partial charge in [-0.3, -0.25) is 0 Å². The van der Waals surface area contributed by atoms with Crippen molar-refractivity contribution in [3.8, 4) is 0 Å². The molecule has 0 saturated carbocycles. The fraction of sp³-hybridized carbons (Fsp3) is 0.647. The van der Waals surface area contributed by atoms with Gasteiger partial charge in [0.05, 0.1) is 0 Å². The quantitative estimate of drug-likeness (QED) is 0.782. The largest absolute Gasteiger partial charge is 0.377 e. The Labute approximate surface area is 128 Å². The second kappa shape index (κ2) is 7.78. The molecule has 0 amide bonds. The number of hydrogen-bond acceptors (Lipinski definition) is 4. The fourth-order valence-corrected chi connectivity index (χ4v) is 2.96. The predicted octanol–water partition coefficient (Wildman–Crippen LogP) is 2.34. The molecule has 1 aliphatic heterocycles. The highest BCUT2D eigenvalue weighted by Gasteiger charge is 2.33. The standard InChI is InChI=1S/C17H28N2O2/c1-5-8-18-10-14-9-13(2)6-7-15(14)19-11-16(20-3)17(12-19)21-4/h6-7,9,16-18H,5,8,10-12H2,1-4H3. The Kier molecular flexibility index (Phi) is 6.03. The van der Waals surface area contributed by atoms with Gasteiger partial charge in [-0.2, -0.15) is 0 Å². The third-order valence-electron chi connectivity index (χ3n) is 4.14. The molecule has 2 atom stereocenters. The summed E-state index contributed by atoms with van der Waals surface area (Å²) in [5, 5.41) is 3.50. The zero-order chi connectivity index (χ0) is 15.2. The van der Waals surface area contributed by atoms with Gasteiger partial charge in [0.2, 0.25) is 0 Å². The Hall–Kier alpha value is -1.10. The maximum Gasteiger partial charge on any atom is 0.102 e. The molecule has 2 rings (SSSR count). The molecule has 1 aromatic carbocycles. The molecule has 21 heavy (non-hydrogen) atoms. The molecule has 0 radical (unpaired) electrons. The minimum Gasteiger partial charge on any atom is -0.377 e. The summed E-state index contributed by atoms with van der Waals surface area (Å²) in [5.41, 5.74) is 3.96. The van der Waals surface area contributed by atoms with Crippen LogP contribution in [0.4, 0.5) is 5.69 Å². The number of aryl methyl sites for hydroxylation is 1. The van der Waals surface area contributed by atoms with E-state index in [-0.39, 0.29) is 12.2 Å². The number of methoxy groups -OCH3 is 2. The SMILES string of the molecule is CCCNCc1cc(C)ccc1N1CC(OC)C(OC)C1. The average molecular weight is 292 g/mol. The number of ether oxygens (including phenoxy) is 2. The topological polar surface area (TPSA) is 33.7 Å². The maximum absolute atomic E-state index is 5.55. The highest BCUT2D eigenvalue weighted by molar-refractivity contribution is 5.56. The molecule has 4 nitrogen and oxygen atoms in total. The van der Waals surface area contributed by atoms with Gasteiger partial charge in [0, 0.05) is 39.5 Å². The molecule has 1 heterocycles. The van der Waals surface area contributed by atoms with Crippen molar-refractivity contribution in [1.82, 2.24) is 5.32 Å². The monoisotopic (exact) mass is 292 g/mol. The zero-order valence-corrected chi connectivity index (χ0v) is 13.7. The van der Waals surface area contributed by atoms with Crippen LogP contribution in [0.25, 0.3) is 0 Å². The van der Waals surface area contributed by atoms with Crippen LogP contribution in [0.2, 0.25) is 0 Å². The summed E-state index contributed by atoms with van der Waals surface area (Å²) in [6, 6.07) is 6.68. The Balaban J connectivity index is 2.15. The van der Waals surface area contributed by atoms with E-state index in [2.05, 4.69) is 42.3 Å². The number of nitrogens with zero attached hydrogens (tertiary/aromatic N) is 1. The molecule has 1 N–H and O–H groups in total. The number of benzene rings is 1. The second-order valence-corrected chi connectivity index (χ2v) is 5.76. The number of anilines is 1. The van der Waals surface area contributed by atoms with Gasteiger partial charge in [-0.25, -0.2) is 0 Å². The predicted molar refractivity (Wildman–Crippen MR) is 87.0 cm³/mol. The van der Waals surface area contributed by atoms with Crippen molar-refractivity contribution >= 4 is 5.69 Å². The first-order valence-electron chi connectivity index (χ1n) is 7.80. The van der Waals surface area contributed by atoms with Gasteiger partial charge in [0.15, 0.2) is 0 Å². The summed E-state index contributed by atoms with van der Waals surface area (Å²) in [5.74, 6) is 0. The maximum atomic E-state index is 5.55. The van der Waals surface area contributed by atoms with Crippen LogP contribution in [-0.4, -0.2) is 46.1 Å². The third-order valence-corrected chi connectivity index (χ3v) is 4.14. The highest BCUT2D eigenvalue weighted by atomic mass is 16.5. The smallest absolute Gasteiger partial charge is 0.102 e. The lowest BCUT2D eigenvalue weighted by Crippen LogP contribution is -2.27. The van der Waals surface area contributed by atoms with E-state index in [0.29, 0.717) is 0 Å². The lowest BCUT2D eigenvalue weighted by atomic mass is 10.1. The van der Waals surface area contributed by atoms with Crippen LogP contribution in [0.15, 0.2) is 18.2 Å². The Morgan fingerprint density at radius 3 is 2.43 bits per heavy atom. The minimum atomic E-state index is 0.146. The summed E-state index contributed by atoms with van der Waals surface area (Å²) in [4.78, 5) is 2.38. The second-order valence-electron chi connectivity index (χ2n) is 5.76. The molecule has 1 fully saturated rings. The van der Waals surface area contributed by atoms with Gasteiger partial charge >= 0.3 is 0 Å². The van der Waals surface area contributed by atoms with Crippen molar-refractivity contribution in [3.63, 3.8) is 0 Å². The van der Waals surface area contributed by atoms with E-state index < -0.39 is 0 Å². The molecule has 0 bridgehead atoms. The first-order chi connectivity index (χ1) is 10.2. The van der Waals surface area contributed by atoms with E-state index in [1.165, 1.54) is 16.8 Å². The molecule has 0 aromatic heterocycles. The van der Waals surface area contributed by atoms with Gasteiger partial charge in [0.25, 0.3) is 0 Å². The molecular weight excluding hydrogens is 264 g/mol. The van der Waals surface area contributed by atoms with E-state index in [1.807, 2.05) is 0 Å². The van der Waals surface area contributed by atoms with Crippen molar-refractivity contribution in [1.29, 1.82) is 0 Å². The van der Waals surface area contributed by atoms with Crippen LogP contribution in [0.1, 0.15) is 24.5 Å². The van der Waals surface area contributed by atoms with Crippen molar-refractivity contribution in [2.24, 2.45) is 0 Å². The van der Waals surface area contributed by atoms with E-state index in [9.17, 15) is 0 Å². The molecule has 0 aliphatic carbocycles. The zero-order valence-electron chi connectivity index (χ0n) is 13.7. The van der Waals surface area contributed by atoms with Crippen LogP contribution < -0.4 is 10.2 Å². The average Bonchev–Trinajstić information content (AvgIpc) is 2.91. The molecule has 118 valence electrons. The highest BCUT2D eigenvalue weighted by Crippen LogP contribution is 2.27. The Bertz CT molecular complexity index is 438. The molecule has 0 spiro atoms. The summed E-state index contributed by atoms with van der Waals surface area (Å²) < 4.78 is 11.1. The van der Waals surface area contributed by atoms with Crippen molar-refractivity contribution in [2.45, 2.75) is 39.0 Å². The van der Waals surface area contributed by atoms with Gasteiger partial charge in [-0.05, 0) is 31.5 Å². The molecule has 1 aromatic rings. The van der Waals surface area contributed by atoms with Gasteiger partial charge in [-0.1, -0.05) is 24.6 Å². The molecule has 1 saturated heterocycles. The van der Waals surface area contributed by atoms with Crippen LogP contribution in [0, 0.1) is 6.92 Å². The Morgan fingerprint density at radius 2 is 1.86 bits per heavy atom. The molecular formula is C17H28N2O2. The van der Waals surface area contributed by atoms with E-state index >= 15 is 0 Å². The van der Waals surface area contributed by atoms with E-state index in [4.69, 9.17) is 9.47 Å². The van der Waals surface area contributed by atoms with Crippen LogP contribution in [0.3, 0.4) is 0 Å². The lowest BCUT2D eigenvalue weighted by molar-refractivity contribution is -0.00461. The van der Waals surface area contributed by atoms with Crippen LogP contribution in [0.5, 0.6) is 0 Å². The van der Waals surface area contributed by atoms with Crippen LogP contribution >= 0.6 is 0 Å². The number of rotatable bonds is 7. The summed E-state index contributed by atoms with van der Waals surface area (Å²) in [6.45, 7) is 8.08. The normalized spacial score (nSPS) is 22.0. The third kappa shape index (κ3) is 3.96. The number of hydrogen-bond donors (Lipinski definition) is 1. The van der Waals surface area contributed by atoms with Crippen molar-refractivity contribution in [3.05, 3.63) is 29.3 Å². The summed E-state index contributed by atoms with van der Waals surface area (Å²) in [6.07, 6.45) is 1.45. The Morgan fingerprint density at radius 1 is 1.19 bits per heavy atom. The fourth-order valence-electron chi connectivity index (χ4n) is 2.96. The minimum absolute atomic E-state index is 0.146. The van der Waals surface area contributed by atoms with Gasteiger partial charge < -0.3 is 19.7 Å². The van der Waals surface area contributed by atoms with Crippen molar-refractivity contribution in [2.75, 3.05) is 38.8 Å². The summed E-state index contributed by atoms with van der Waals surface area (Å²) >= 11 is 0.